The number of para-hydroxylation sites is 1. The second-order valence-corrected chi connectivity index (χ2v) is 6.96. The molecule has 0 spiro atoms. The van der Waals surface area contributed by atoms with Crippen molar-refractivity contribution in [3.63, 3.8) is 0 Å². The van der Waals surface area contributed by atoms with Crippen LogP contribution in [0.3, 0.4) is 0 Å². The van der Waals surface area contributed by atoms with E-state index < -0.39 is 0 Å². The summed E-state index contributed by atoms with van der Waals surface area (Å²) in [5, 5.41) is 6.25. The summed E-state index contributed by atoms with van der Waals surface area (Å²) in [6, 6.07) is 15.7. The van der Waals surface area contributed by atoms with E-state index in [9.17, 15) is 4.79 Å². The molecule has 0 aliphatic carbocycles. The predicted octanol–water partition coefficient (Wildman–Crippen LogP) is 4.19. The SMILES string of the molecule is CCc1ccc(C(=O)NC(=NCC2CCCO2)Nc2ccccc2CC)cc1. The lowest BCUT2D eigenvalue weighted by atomic mass is 10.1. The van der Waals surface area contributed by atoms with Gasteiger partial charge in [0.2, 0.25) is 5.96 Å². The summed E-state index contributed by atoms with van der Waals surface area (Å²) in [5.74, 6) is 0.288. The van der Waals surface area contributed by atoms with Gasteiger partial charge in [-0.15, -0.1) is 0 Å². The first-order valence-electron chi connectivity index (χ1n) is 10.1. The number of nitrogens with zero attached hydrogens (tertiary/aromatic N) is 1. The van der Waals surface area contributed by atoms with E-state index in [0.717, 1.165) is 38.0 Å². The Kier molecular flexibility index (Phi) is 7.20. The maximum atomic E-state index is 12.7. The fourth-order valence-electron chi connectivity index (χ4n) is 3.24. The number of aliphatic imine (C=N–C) groups is 1. The number of anilines is 1. The van der Waals surface area contributed by atoms with Crippen molar-refractivity contribution in [3.8, 4) is 0 Å². The average molecular weight is 380 g/mol. The van der Waals surface area contributed by atoms with Gasteiger partial charge < -0.3 is 10.1 Å². The van der Waals surface area contributed by atoms with E-state index in [1.165, 1.54) is 11.1 Å². The zero-order chi connectivity index (χ0) is 19.8. The Hall–Kier alpha value is -2.66. The van der Waals surface area contributed by atoms with Crippen molar-refractivity contribution in [3.05, 3.63) is 65.2 Å². The Labute approximate surface area is 167 Å². The molecule has 5 heteroatoms. The van der Waals surface area contributed by atoms with Crippen LogP contribution in [0.5, 0.6) is 0 Å². The lowest BCUT2D eigenvalue weighted by Crippen LogP contribution is -2.37. The molecule has 2 aromatic carbocycles. The van der Waals surface area contributed by atoms with Gasteiger partial charge in [0.25, 0.3) is 5.91 Å². The third kappa shape index (κ3) is 5.42. The minimum absolute atomic E-state index is 0.124. The van der Waals surface area contributed by atoms with E-state index in [1.54, 1.807) is 0 Å². The van der Waals surface area contributed by atoms with Crippen molar-refractivity contribution < 1.29 is 9.53 Å². The minimum atomic E-state index is -0.171. The third-order valence-corrected chi connectivity index (χ3v) is 4.98. The van der Waals surface area contributed by atoms with Crippen LogP contribution in [0.2, 0.25) is 0 Å². The lowest BCUT2D eigenvalue weighted by Gasteiger charge is -2.15. The summed E-state index contributed by atoms with van der Waals surface area (Å²) < 4.78 is 5.67. The molecule has 148 valence electrons. The maximum absolute atomic E-state index is 12.7. The van der Waals surface area contributed by atoms with E-state index in [0.29, 0.717) is 18.1 Å². The molecular weight excluding hydrogens is 350 g/mol. The summed E-state index contributed by atoms with van der Waals surface area (Å²) in [4.78, 5) is 17.4. The zero-order valence-corrected chi connectivity index (χ0v) is 16.7. The van der Waals surface area contributed by atoms with Crippen LogP contribution in [0.1, 0.15) is 48.2 Å². The number of nitrogens with one attached hydrogen (secondary N) is 2. The summed E-state index contributed by atoms with van der Waals surface area (Å²) in [5.41, 5.74) is 3.96. The molecule has 0 bridgehead atoms. The van der Waals surface area contributed by atoms with Crippen molar-refractivity contribution in [2.24, 2.45) is 4.99 Å². The first-order valence-corrected chi connectivity index (χ1v) is 10.1. The normalized spacial score (nSPS) is 16.8. The van der Waals surface area contributed by atoms with Gasteiger partial charge in [-0.3, -0.25) is 10.1 Å². The zero-order valence-electron chi connectivity index (χ0n) is 16.7. The van der Waals surface area contributed by atoms with E-state index in [2.05, 4.69) is 35.5 Å². The monoisotopic (exact) mass is 379 g/mol. The number of carbonyl (C=O) groups is 1. The van der Waals surface area contributed by atoms with E-state index >= 15 is 0 Å². The highest BCUT2D eigenvalue weighted by Gasteiger charge is 2.16. The molecule has 1 saturated heterocycles. The van der Waals surface area contributed by atoms with Crippen LogP contribution < -0.4 is 10.6 Å². The minimum Gasteiger partial charge on any atom is -0.376 e. The molecule has 1 unspecified atom stereocenters. The molecule has 1 atom stereocenters. The lowest BCUT2D eigenvalue weighted by molar-refractivity contribution is 0.0975. The molecule has 3 rings (SSSR count). The van der Waals surface area contributed by atoms with Gasteiger partial charge in [-0.2, -0.15) is 0 Å². The molecule has 1 amide bonds. The Balaban J connectivity index is 1.76. The van der Waals surface area contributed by atoms with Crippen molar-refractivity contribution in [2.45, 2.75) is 45.6 Å². The van der Waals surface area contributed by atoms with Crippen LogP contribution in [-0.2, 0) is 17.6 Å². The molecule has 1 fully saturated rings. The molecule has 0 saturated carbocycles. The summed E-state index contributed by atoms with van der Waals surface area (Å²) in [6.45, 7) is 5.53. The van der Waals surface area contributed by atoms with Gasteiger partial charge in [0.05, 0.1) is 12.6 Å². The van der Waals surface area contributed by atoms with Crippen molar-refractivity contribution >= 4 is 17.6 Å². The van der Waals surface area contributed by atoms with E-state index in [1.807, 2.05) is 42.5 Å². The average Bonchev–Trinajstić information content (AvgIpc) is 3.26. The number of guanidine groups is 1. The molecule has 2 aromatic rings. The first kappa shape index (κ1) is 20.1. The van der Waals surface area contributed by atoms with Gasteiger partial charge in [-0.05, 0) is 55.0 Å². The van der Waals surface area contributed by atoms with Crippen molar-refractivity contribution in [1.29, 1.82) is 0 Å². The van der Waals surface area contributed by atoms with Crippen LogP contribution >= 0.6 is 0 Å². The number of aryl methyl sites for hydroxylation is 2. The van der Waals surface area contributed by atoms with Gasteiger partial charge in [0, 0.05) is 17.9 Å². The second kappa shape index (κ2) is 10.0. The second-order valence-electron chi connectivity index (χ2n) is 6.96. The highest BCUT2D eigenvalue weighted by atomic mass is 16.5. The molecule has 0 radical (unpaired) electrons. The number of hydrogen-bond donors (Lipinski definition) is 2. The summed E-state index contributed by atoms with van der Waals surface area (Å²) in [6.07, 6.45) is 4.05. The Bertz CT molecular complexity index is 809. The Morgan fingerprint density at radius 1 is 1.11 bits per heavy atom. The number of ether oxygens (including phenoxy) is 1. The molecule has 2 N–H and O–H groups in total. The molecule has 28 heavy (non-hydrogen) atoms. The quantitative estimate of drug-likeness (QED) is 0.584. The fraction of sp³-hybridized carbons (Fsp3) is 0.391. The van der Waals surface area contributed by atoms with Crippen molar-refractivity contribution in [2.75, 3.05) is 18.5 Å². The van der Waals surface area contributed by atoms with Gasteiger partial charge in [-0.25, -0.2) is 4.99 Å². The molecule has 0 aromatic heterocycles. The Morgan fingerprint density at radius 3 is 2.57 bits per heavy atom. The van der Waals surface area contributed by atoms with Crippen molar-refractivity contribution in [1.82, 2.24) is 5.32 Å². The highest BCUT2D eigenvalue weighted by Crippen LogP contribution is 2.16. The summed E-state index contributed by atoms with van der Waals surface area (Å²) in [7, 11) is 0. The Morgan fingerprint density at radius 2 is 1.89 bits per heavy atom. The van der Waals surface area contributed by atoms with Crippen LogP contribution in [0.4, 0.5) is 5.69 Å². The number of benzene rings is 2. The van der Waals surface area contributed by atoms with E-state index in [4.69, 9.17) is 4.74 Å². The molecule has 1 aliphatic rings. The molecule has 1 heterocycles. The van der Waals surface area contributed by atoms with Crippen LogP contribution in [0.15, 0.2) is 53.5 Å². The van der Waals surface area contributed by atoms with Gasteiger partial charge in [0.1, 0.15) is 0 Å². The van der Waals surface area contributed by atoms with Crippen LogP contribution in [0, 0.1) is 0 Å². The standard InChI is InChI=1S/C23H29N3O2/c1-3-17-11-13-19(14-12-17)22(27)26-23(24-16-20-9-7-15-28-20)25-21-10-6-5-8-18(21)4-2/h5-6,8,10-14,20H,3-4,7,9,15-16H2,1-2H3,(H2,24,25,26,27). The number of hydrogen-bond acceptors (Lipinski definition) is 3. The van der Waals surface area contributed by atoms with E-state index in [-0.39, 0.29) is 12.0 Å². The number of carbonyl (C=O) groups excluding carboxylic acids is 1. The van der Waals surface area contributed by atoms with Crippen LogP contribution in [-0.4, -0.2) is 31.1 Å². The third-order valence-electron chi connectivity index (χ3n) is 4.98. The maximum Gasteiger partial charge on any atom is 0.257 e. The largest absolute Gasteiger partial charge is 0.376 e. The van der Waals surface area contributed by atoms with Crippen LogP contribution in [0.25, 0.3) is 0 Å². The smallest absolute Gasteiger partial charge is 0.257 e. The van der Waals surface area contributed by atoms with Gasteiger partial charge in [0.15, 0.2) is 0 Å². The fourth-order valence-corrected chi connectivity index (χ4v) is 3.24. The van der Waals surface area contributed by atoms with Gasteiger partial charge in [-0.1, -0.05) is 44.2 Å². The molecular formula is C23H29N3O2. The summed E-state index contributed by atoms with van der Waals surface area (Å²) >= 11 is 0. The first-order chi connectivity index (χ1) is 13.7. The molecule has 5 nitrogen and oxygen atoms in total. The topological polar surface area (TPSA) is 62.7 Å². The number of rotatable bonds is 6. The molecule has 1 aliphatic heterocycles. The van der Waals surface area contributed by atoms with Gasteiger partial charge >= 0.3 is 0 Å². The predicted molar refractivity (Wildman–Crippen MR) is 114 cm³/mol. The number of amides is 1. The highest BCUT2D eigenvalue weighted by molar-refractivity contribution is 6.10.